The van der Waals surface area contributed by atoms with Gasteiger partial charge in [-0.25, -0.2) is 12.7 Å². The molecule has 0 amide bonds. The first-order valence-corrected chi connectivity index (χ1v) is 6.12. The minimum absolute atomic E-state index is 0.321. The highest BCUT2D eigenvalue weighted by molar-refractivity contribution is 7.89. The second-order valence-corrected chi connectivity index (χ2v) is 6.21. The standard InChI is InChI=1S/C8H17NO3S/c1-7(2)13(11,12)9-5-3-8(10)4-6-9/h7-8,10H,3-6H2,1-2H3. The Hall–Kier alpha value is -0.130. The zero-order valence-corrected chi connectivity index (χ0v) is 8.92. The lowest BCUT2D eigenvalue weighted by Crippen LogP contribution is -2.43. The van der Waals surface area contributed by atoms with Crippen molar-refractivity contribution < 1.29 is 13.5 Å². The molecule has 13 heavy (non-hydrogen) atoms. The Morgan fingerprint density at radius 2 is 1.77 bits per heavy atom. The molecule has 0 aromatic heterocycles. The van der Waals surface area contributed by atoms with Crippen LogP contribution in [0.3, 0.4) is 0 Å². The van der Waals surface area contributed by atoms with Crippen molar-refractivity contribution in [3.05, 3.63) is 0 Å². The maximum absolute atomic E-state index is 11.6. The lowest BCUT2D eigenvalue weighted by atomic mass is 10.1. The number of rotatable bonds is 2. The Balaban J connectivity index is 2.64. The Morgan fingerprint density at radius 3 is 2.15 bits per heavy atom. The SMILES string of the molecule is CC(C)S(=O)(=O)N1CCC(O)CC1. The van der Waals surface area contributed by atoms with E-state index < -0.39 is 10.0 Å². The molecule has 0 spiro atoms. The first kappa shape index (κ1) is 10.9. The van der Waals surface area contributed by atoms with Crippen molar-refractivity contribution in [3.63, 3.8) is 0 Å². The summed E-state index contributed by atoms with van der Waals surface area (Å²) in [6, 6.07) is 0. The van der Waals surface area contributed by atoms with Crippen LogP contribution in [0.4, 0.5) is 0 Å². The molecule has 0 aromatic carbocycles. The van der Waals surface area contributed by atoms with Crippen molar-refractivity contribution in [2.45, 2.75) is 38.0 Å². The summed E-state index contributed by atoms with van der Waals surface area (Å²) in [6.45, 7) is 4.28. The summed E-state index contributed by atoms with van der Waals surface area (Å²) < 4.78 is 24.7. The molecule has 1 saturated heterocycles. The maximum Gasteiger partial charge on any atom is 0.216 e. The van der Waals surface area contributed by atoms with Gasteiger partial charge in [0.1, 0.15) is 0 Å². The molecule has 0 saturated carbocycles. The lowest BCUT2D eigenvalue weighted by molar-refractivity contribution is 0.112. The van der Waals surface area contributed by atoms with E-state index in [1.165, 1.54) is 4.31 Å². The number of sulfonamides is 1. The van der Waals surface area contributed by atoms with E-state index in [0.717, 1.165) is 0 Å². The number of nitrogens with zero attached hydrogens (tertiary/aromatic N) is 1. The van der Waals surface area contributed by atoms with Gasteiger partial charge in [0.05, 0.1) is 11.4 Å². The van der Waals surface area contributed by atoms with Gasteiger partial charge >= 0.3 is 0 Å². The molecule has 0 aromatic rings. The summed E-state index contributed by atoms with van der Waals surface area (Å²) in [5, 5.41) is 8.85. The summed E-state index contributed by atoms with van der Waals surface area (Å²) >= 11 is 0. The molecule has 1 N–H and O–H groups in total. The summed E-state index contributed by atoms with van der Waals surface area (Å²) in [5.41, 5.74) is 0. The van der Waals surface area contributed by atoms with Crippen molar-refractivity contribution in [1.82, 2.24) is 4.31 Å². The molecule has 0 bridgehead atoms. The van der Waals surface area contributed by atoms with Crippen molar-refractivity contribution in [2.75, 3.05) is 13.1 Å². The second kappa shape index (κ2) is 3.94. The largest absolute Gasteiger partial charge is 0.393 e. The average molecular weight is 207 g/mol. The quantitative estimate of drug-likeness (QED) is 0.703. The van der Waals surface area contributed by atoms with Crippen molar-refractivity contribution in [2.24, 2.45) is 0 Å². The van der Waals surface area contributed by atoms with Gasteiger partial charge in [0.25, 0.3) is 0 Å². The van der Waals surface area contributed by atoms with Gasteiger partial charge in [-0.2, -0.15) is 0 Å². The van der Waals surface area contributed by atoms with Gasteiger partial charge < -0.3 is 5.11 Å². The molecule has 0 radical (unpaired) electrons. The summed E-state index contributed by atoms with van der Waals surface area (Å²) in [6.07, 6.45) is 0.802. The van der Waals surface area contributed by atoms with E-state index in [1.54, 1.807) is 13.8 Å². The van der Waals surface area contributed by atoms with E-state index >= 15 is 0 Å². The number of hydrogen-bond donors (Lipinski definition) is 1. The van der Waals surface area contributed by atoms with Gasteiger partial charge in [-0.3, -0.25) is 0 Å². The van der Waals surface area contributed by atoms with Crippen LogP contribution in [0.5, 0.6) is 0 Å². The van der Waals surface area contributed by atoms with E-state index in [0.29, 0.717) is 25.9 Å². The fourth-order valence-corrected chi connectivity index (χ4v) is 2.71. The highest BCUT2D eigenvalue weighted by Gasteiger charge is 2.29. The minimum Gasteiger partial charge on any atom is -0.393 e. The smallest absolute Gasteiger partial charge is 0.216 e. The van der Waals surface area contributed by atoms with Crippen LogP contribution in [0.1, 0.15) is 26.7 Å². The van der Waals surface area contributed by atoms with Crippen molar-refractivity contribution >= 4 is 10.0 Å². The second-order valence-electron chi connectivity index (χ2n) is 3.72. The van der Waals surface area contributed by atoms with Crippen LogP contribution in [0.25, 0.3) is 0 Å². The average Bonchev–Trinajstić information content (AvgIpc) is 2.04. The number of aliphatic hydroxyl groups is 1. The molecule has 1 aliphatic rings. The Labute approximate surface area is 79.6 Å². The van der Waals surface area contributed by atoms with Crippen LogP contribution in [-0.2, 0) is 10.0 Å². The third kappa shape index (κ3) is 2.42. The fraction of sp³-hybridized carbons (Fsp3) is 1.00. The van der Waals surface area contributed by atoms with E-state index in [4.69, 9.17) is 0 Å². The molecule has 1 aliphatic heterocycles. The van der Waals surface area contributed by atoms with Crippen LogP contribution in [0.15, 0.2) is 0 Å². The van der Waals surface area contributed by atoms with Crippen LogP contribution in [0, 0.1) is 0 Å². The Bertz CT molecular complexity index is 253. The van der Waals surface area contributed by atoms with Gasteiger partial charge in [-0.15, -0.1) is 0 Å². The van der Waals surface area contributed by atoms with Crippen LogP contribution in [-0.4, -0.2) is 42.3 Å². The molecule has 1 fully saturated rings. The summed E-state index contributed by atoms with van der Waals surface area (Å²) in [5.74, 6) is 0. The van der Waals surface area contributed by atoms with Crippen LogP contribution >= 0.6 is 0 Å². The topological polar surface area (TPSA) is 57.6 Å². The predicted octanol–water partition coefficient (Wildman–Crippen LogP) is 0.181. The number of aliphatic hydroxyl groups excluding tert-OH is 1. The Morgan fingerprint density at radius 1 is 1.31 bits per heavy atom. The number of piperidine rings is 1. The maximum atomic E-state index is 11.6. The van der Waals surface area contributed by atoms with Gasteiger partial charge in [0, 0.05) is 13.1 Å². The lowest BCUT2D eigenvalue weighted by Gasteiger charge is -2.30. The third-order valence-corrected chi connectivity index (χ3v) is 4.66. The molecule has 78 valence electrons. The van der Waals surface area contributed by atoms with Crippen LogP contribution in [0.2, 0.25) is 0 Å². The summed E-state index contributed by atoms with van der Waals surface area (Å²) in [7, 11) is -3.10. The highest BCUT2D eigenvalue weighted by atomic mass is 32.2. The summed E-state index contributed by atoms with van der Waals surface area (Å²) in [4.78, 5) is 0. The van der Waals surface area contributed by atoms with E-state index in [9.17, 15) is 13.5 Å². The predicted molar refractivity (Wildman–Crippen MR) is 50.9 cm³/mol. The van der Waals surface area contributed by atoms with E-state index in [1.807, 2.05) is 0 Å². The first-order chi connectivity index (χ1) is 5.94. The first-order valence-electron chi connectivity index (χ1n) is 4.61. The van der Waals surface area contributed by atoms with Crippen molar-refractivity contribution in [1.29, 1.82) is 0 Å². The van der Waals surface area contributed by atoms with Crippen LogP contribution < -0.4 is 0 Å². The molecule has 1 heterocycles. The van der Waals surface area contributed by atoms with Gasteiger partial charge in [0.2, 0.25) is 10.0 Å². The van der Waals surface area contributed by atoms with Crippen molar-refractivity contribution in [3.8, 4) is 0 Å². The molecular formula is C8H17NO3S. The molecular weight excluding hydrogens is 190 g/mol. The van der Waals surface area contributed by atoms with Gasteiger partial charge in [-0.1, -0.05) is 0 Å². The fourth-order valence-electron chi connectivity index (χ4n) is 1.39. The molecule has 1 rings (SSSR count). The van der Waals surface area contributed by atoms with E-state index in [2.05, 4.69) is 0 Å². The van der Waals surface area contributed by atoms with Gasteiger partial charge in [-0.05, 0) is 26.7 Å². The minimum atomic E-state index is -3.10. The Kier molecular flexibility index (Phi) is 3.32. The zero-order valence-electron chi connectivity index (χ0n) is 8.10. The third-order valence-electron chi connectivity index (χ3n) is 2.38. The molecule has 0 atom stereocenters. The molecule has 5 heteroatoms. The van der Waals surface area contributed by atoms with E-state index in [-0.39, 0.29) is 11.4 Å². The normalized spacial score (nSPS) is 22.5. The molecule has 0 aliphatic carbocycles. The molecule has 4 nitrogen and oxygen atoms in total. The number of hydrogen-bond acceptors (Lipinski definition) is 3. The molecule has 0 unspecified atom stereocenters. The zero-order chi connectivity index (χ0) is 10.1. The monoisotopic (exact) mass is 207 g/mol. The highest BCUT2D eigenvalue weighted by Crippen LogP contribution is 2.16. The van der Waals surface area contributed by atoms with Gasteiger partial charge in [0.15, 0.2) is 0 Å².